The fourth-order valence-electron chi connectivity index (χ4n) is 2.43. The monoisotopic (exact) mass is 229 g/mol. The minimum Gasteiger partial charge on any atom is -0.343 e. The van der Waals surface area contributed by atoms with Crippen LogP contribution < -0.4 is 0 Å². The Kier molecular flexibility index (Phi) is 2.60. The van der Waals surface area contributed by atoms with Gasteiger partial charge in [-0.05, 0) is 26.4 Å². The lowest BCUT2D eigenvalue weighted by Gasteiger charge is -2.19. The molecule has 3 rings (SSSR count). The fraction of sp³-hybridized carbons (Fsp3) is 0.417. The van der Waals surface area contributed by atoms with Crippen LogP contribution in [0.25, 0.3) is 11.5 Å². The van der Waals surface area contributed by atoms with Crippen molar-refractivity contribution in [3.05, 3.63) is 30.5 Å². The maximum atomic E-state index is 4.50. The van der Waals surface area contributed by atoms with Crippen molar-refractivity contribution in [1.82, 2.24) is 24.8 Å². The summed E-state index contributed by atoms with van der Waals surface area (Å²) >= 11 is 0. The van der Waals surface area contributed by atoms with Crippen LogP contribution in [-0.2, 0) is 0 Å². The number of hydrogen-bond donors (Lipinski definition) is 1. The first-order chi connectivity index (χ1) is 8.36. The lowest BCUT2D eigenvalue weighted by Crippen LogP contribution is -2.19. The third-order valence-electron chi connectivity index (χ3n) is 3.29. The van der Waals surface area contributed by atoms with Gasteiger partial charge in [0, 0.05) is 24.8 Å². The van der Waals surface area contributed by atoms with Crippen molar-refractivity contribution in [2.45, 2.75) is 18.9 Å². The van der Waals surface area contributed by atoms with Gasteiger partial charge in [0.1, 0.15) is 5.69 Å². The normalized spacial score (nSPS) is 20.9. The van der Waals surface area contributed by atoms with Crippen molar-refractivity contribution in [3.8, 4) is 11.5 Å². The first-order valence-electron chi connectivity index (χ1n) is 5.87. The van der Waals surface area contributed by atoms with E-state index in [2.05, 4.69) is 31.9 Å². The van der Waals surface area contributed by atoms with Crippen molar-refractivity contribution >= 4 is 0 Å². The molecule has 5 heteroatoms. The van der Waals surface area contributed by atoms with Gasteiger partial charge in [0.15, 0.2) is 5.82 Å². The predicted octanol–water partition coefficient (Wildman–Crippen LogP) is 1.63. The molecule has 1 fully saturated rings. The molecule has 88 valence electrons. The van der Waals surface area contributed by atoms with Gasteiger partial charge in [-0.1, -0.05) is 0 Å². The molecule has 17 heavy (non-hydrogen) atoms. The Morgan fingerprint density at radius 2 is 2.12 bits per heavy atom. The van der Waals surface area contributed by atoms with Crippen LogP contribution in [0.5, 0.6) is 0 Å². The van der Waals surface area contributed by atoms with Crippen LogP contribution in [0.2, 0.25) is 0 Å². The molecule has 2 aromatic rings. The zero-order valence-electron chi connectivity index (χ0n) is 9.80. The standard InChI is InChI=1S/C12H15N5/c1-17-8-2-3-9(17)10-11(14-5-4-13-10)12-15-6-7-16-12/h4-7,9H,2-3,8H2,1H3,(H,15,16)/t9-/m1/s1. The van der Waals surface area contributed by atoms with Crippen molar-refractivity contribution < 1.29 is 0 Å². The SMILES string of the molecule is CN1CCC[C@@H]1c1nccnc1-c1ncc[nH]1. The molecular weight excluding hydrogens is 214 g/mol. The van der Waals surface area contributed by atoms with Crippen molar-refractivity contribution in [1.29, 1.82) is 0 Å². The van der Waals surface area contributed by atoms with E-state index in [-0.39, 0.29) is 0 Å². The van der Waals surface area contributed by atoms with E-state index in [4.69, 9.17) is 0 Å². The van der Waals surface area contributed by atoms with Gasteiger partial charge in [-0.25, -0.2) is 9.97 Å². The lowest BCUT2D eigenvalue weighted by molar-refractivity contribution is 0.312. The summed E-state index contributed by atoms with van der Waals surface area (Å²) in [6.45, 7) is 1.12. The third kappa shape index (κ3) is 1.82. The van der Waals surface area contributed by atoms with Crippen LogP contribution in [0, 0.1) is 0 Å². The van der Waals surface area contributed by atoms with Crippen LogP contribution in [0.15, 0.2) is 24.8 Å². The summed E-state index contributed by atoms with van der Waals surface area (Å²) in [6, 6.07) is 0.365. The van der Waals surface area contributed by atoms with Crippen LogP contribution in [-0.4, -0.2) is 38.4 Å². The molecule has 0 amide bonds. The van der Waals surface area contributed by atoms with Crippen LogP contribution >= 0.6 is 0 Å². The average Bonchev–Trinajstić information content (AvgIpc) is 3.00. The minimum absolute atomic E-state index is 0.365. The molecule has 0 spiro atoms. The largest absolute Gasteiger partial charge is 0.343 e. The van der Waals surface area contributed by atoms with E-state index in [0.717, 1.165) is 30.2 Å². The molecule has 3 heterocycles. The Balaban J connectivity index is 2.05. The first-order valence-corrected chi connectivity index (χ1v) is 5.87. The topological polar surface area (TPSA) is 57.7 Å². The van der Waals surface area contributed by atoms with Gasteiger partial charge in [-0.2, -0.15) is 0 Å². The van der Waals surface area contributed by atoms with Crippen LogP contribution in [0.3, 0.4) is 0 Å². The summed E-state index contributed by atoms with van der Waals surface area (Å²) < 4.78 is 0. The zero-order chi connectivity index (χ0) is 11.7. The van der Waals surface area contributed by atoms with Gasteiger partial charge in [0.05, 0.1) is 11.7 Å². The number of aromatic nitrogens is 4. The number of hydrogen-bond acceptors (Lipinski definition) is 4. The highest BCUT2D eigenvalue weighted by atomic mass is 15.2. The predicted molar refractivity (Wildman–Crippen MR) is 64.2 cm³/mol. The Morgan fingerprint density at radius 1 is 1.24 bits per heavy atom. The summed E-state index contributed by atoms with van der Waals surface area (Å²) in [4.78, 5) is 18.6. The van der Waals surface area contributed by atoms with E-state index in [0.29, 0.717) is 6.04 Å². The highest BCUT2D eigenvalue weighted by Gasteiger charge is 2.27. The molecule has 0 saturated carbocycles. The first kappa shape index (κ1) is 10.4. The van der Waals surface area contributed by atoms with Gasteiger partial charge >= 0.3 is 0 Å². The molecule has 1 aliphatic heterocycles. The smallest absolute Gasteiger partial charge is 0.157 e. The molecule has 1 atom stereocenters. The fourth-order valence-corrected chi connectivity index (χ4v) is 2.43. The van der Waals surface area contributed by atoms with Gasteiger partial charge < -0.3 is 4.98 Å². The molecule has 0 aliphatic carbocycles. The summed E-state index contributed by atoms with van der Waals surface area (Å²) in [6.07, 6.45) is 9.39. The van der Waals surface area contributed by atoms with E-state index in [1.807, 2.05) is 6.20 Å². The van der Waals surface area contributed by atoms with E-state index >= 15 is 0 Å². The second-order valence-corrected chi connectivity index (χ2v) is 4.37. The maximum Gasteiger partial charge on any atom is 0.157 e. The van der Waals surface area contributed by atoms with Gasteiger partial charge in [-0.3, -0.25) is 9.88 Å². The van der Waals surface area contributed by atoms with Crippen LogP contribution in [0.4, 0.5) is 0 Å². The minimum atomic E-state index is 0.365. The van der Waals surface area contributed by atoms with Crippen LogP contribution in [0.1, 0.15) is 24.6 Å². The molecule has 0 aromatic carbocycles. The second-order valence-electron chi connectivity index (χ2n) is 4.37. The molecule has 1 aliphatic rings. The number of nitrogens with zero attached hydrogens (tertiary/aromatic N) is 4. The molecule has 0 bridgehead atoms. The summed E-state index contributed by atoms with van der Waals surface area (Å²) in [5, 5.41) is 0. The number of H-pyrrole nitrogens is 1. The molecule has 1 N–H and O–H groups in total. The lowest BCUT2D eigenvalue weighted by atomic mass is 10.1. The number of likely N-dealkylation sites (tertiary alicyclic amines) is 1. The number of imidazole rings is 1. The Labute approximate surface area is 99.9 Å². The van der Waals surface area contributed by atoms with E-state index < -0.39 is 0 Å². The second kappa shape index (κ2) is 4.25. The molecule has 0 radical (unpaired) electrons. The Hall–Kier alpha value is -1.75. The number of rotatable bonds is 2. The molecule has 5 nitrogen and oxygen atoms in total. The Bertz CT molecular complexity index is 493. The van der Waals surface area contributed by atoms with E-state index in [1.54, 1.807) is 18.6 Å². The van der Waals surface area contributed by atoms with Gasteiger partial charge in [0.25, 0.3) is 0 Å². The highest BCUT2D eigenvalue weighted by molar-refractivity contribution is 5.53. The van der Waals surface area contributed by atoms with Gasteiger partial charge in [-0.15, -0.1) is 0 Å². The zero-order valence-corrected chi connectivity index (χ0v) is 9.80. The molecule has 1 saturated heterocycles. The molecule has 2 aromatic heterocycles. The summed E-state index contributed by atoms with van der Waals surface area (Å²) in [7, 11) is 2.14. The summed E-state index contributed by atoms with van der Waals surface area (Å²) in [5.74, 6) is 0.799. The highest BCUT2D eigenvalue weighted by Crippen LogP contribution is 2.32. The molecular formula is C12H15N5. The van der Waals surface area contributed by atoms with Crippen molar-refractivity contribution in [2.75, 3.05) is 13.6 Å². The Morgan fingerprint density at radius 3 is 2.82 bits per heavy atom. The van der Waals surface area contributed by atoms with Gasteiger partial charge in [0.2, 0.25) is 0 Å². The third-order valence-corrected chi connectivity index (χ3v) is 3.29. The number of nitrogens with one attached hydrogen (secondary N) is 1. The van der Waals surface area contributed by atoms with Crippen molar-refractivity contribution in [3.63, 3.8) is 0 Å². The van der Waals surface area contributed by atoms with E-state index in [9.17, 15) is 0 Å². The average molecular weight is 229 g/mol. The van der Waals surface area contributed by atoms with Crippen molar-refractivity contribution in [2.24, 2.45) is 0 Å². The molecule has 0 unspecified atom stereocenters. The summed E-state index contributed by atoms with van der Waals surface area (Å²) in [5.41, 5.74) is 1.90. The quantitative estimate of drug-likeness (QED) is 0.850. The van der Waals surface area contributed by atoms with E-state index in [1.165, 1.54) is 6.42 Å². The maximum absolute atomic E-state index is 4.50. The number of aromatic amines is 1.